The minimum atomic E-state index is -1.95. The number of aromatic nitrogens is 2. The molecule has 3 rings (SSSR count). The van der Waals surface area contributed by atoms with Crippen molar-refractivity contribution < 1.29 is 38.3 Å². The lowest BCUT2D eigenvalue weighted by Crippen LogP contribution is -2.42. The molecule has 2 saturated heterocycles. The number of ether oxygens (including phenoxy) is 7. The first-order valence-electron chi connectivity index (χ1n) is 11.5. The zero-order valence-corrected chi connectivity index (χ0v) is 22.2. The van der Waals surface area contributed by atoms with Crippen LogP contribution in [0.2, 0.25) is 0 Å². The van der Waals surface area contributed by atoms with Crippen LogP contribution in [0.3, 0.4) is 0 Å². The summed E-state index contributed by atoms with van der Waals surface area (Å²) < 4.78 is 41.5. The molecule has 0 spiro atoms. The van der Waals surface area contributed by atoms with E-state index in [1.54, 1.807) is 34.8 Å². The van der Waals surface area contributed by atoms with Crippen LogP contribution in [0.5, 0.6) is 11.9 Å². The molecule has 1 aromatic rings. The molecule has 2 fully saturated rings. The van der Waals surface area contributed by atoms with Gasteiger partial charge in [-0.2, -0.15) is 4.98 Å². The zero-order chi connectivity index (χ0) is 25.7. The van der Waals surface area contributed by atoms with E-state index in [1.165, 1.54) is 6.20 Å². The molecule has 0 aromatic carbocycles. The van der Waals surface area contributed by atoms with Crippen molar-refractivity contribution in [1.29, 1.82) is 0 Å². The summed E-state index contributed by atoms with van der Waals surface area (Å²) in [6.45, 7) is 18.6. The lowest BCUT2D eigenvalue weighted by molar-refractivity contribution is -0.294. The van der Waals surface area contributed by atoms with Gasteiger partial charge >= 0.3 is 6.01 Å². The molecule has 0 radical (unpaired) electrons. The van der Waals surface area contributed by atoms with Crippen LogP contribution in [0, 0.1) is 0 Å². The van der Waals surface area contributed by atoms with Crippen molar-refractivity contribution in [2.24, 2.45) is 0 Å². The van der Waals surface area contributed by atoms with Crippen LogP contribution in [0.25, 0.3) is 0 Å². The molecule has 2 aliphatic heterocycles. The van der Waals surface area contributed by atoms with Crippen LogP contribution in [0.4, 0.5) is 0 Å². The zero-order valence-electron chi connectivity index (χ0n) is 22.2. The van der Waals surface area contributed by atoms with E-state index >= 15 is 0 Å². The first-order chi connectivity index (χ1) is 15.3. The highest BCUT2D eigenvalue weighted by atomic mass is 16.8. The van der Waals surface area contributed by atoms with Gasteiger partial charge in [0.15, 0.2) is 11.6 Å². The summed E-state index contributed by atoms with van der Waals surface area (Å²) >= 11 is 0. The molecule has 3 heterocycles. The molecule has 2 aliphatic rings. The Kier molecular flexibility index (Phi) is 7.02. The van der Waals surface area contributed by atoms with E-state index in [-0.39, 0.29) is 24.1 Å². The molecule has 4 atom stereocenters. The third kappa shape index (κ3) is 6.16. The van der Waals surface area contributed by atoms with Crippen molar-refractivity contribution >= 4 is 0 Å². The van der Waals surface area contributed by atoms with Gasteiger partial charge in [-0.15, -0.1) is 0 Å². The smallest absolute Gasteiger partial charge is 0.320 e. The normalized spacial score (nSPS) is 29.2. The highest BCUT2D eigenvalue weighted by Crippen LogP contribution is 2.50. The summed E-state index contributed by atoms with van der Waals surface area (Å²) in [5.74, 6) is -3.60. The highest BCUT2D eigenvalue weighted by molar-refractivity contribution is 5.33. The predicted molar refractivity (Wildman–Crippen MR) is 122 cm³/mol. The first-order valence-corrected chi connectivity index (χ1v) is 11.5. The highest BCUT2D eigenvalue weighted by Gasteiger charge is 2.64. The third-order valence-corrected chi connectivity index (χ3v) is 5.22. The number of methoxy groups -OCH3 is 1. The fourth-order valence-corrected chi connectivity index (χ4v) is 3.70. The average molecular weight is 485 g/mol. The molecule has 34 heavy (non-hydrogen) atoms. The average Bonchev–Trinajstić information content (AvgIpc) is 3.10. The van der Waals surface area contributed by atoms with Crippen molar-refractivity contribution in [3.63, 3.8) is 0 Å². The number of hydrogen-bond acceptors (Lipinski definition) is 10. The van der Waals surface area contributed by atoms with Crippen LogP contribution in [0.15, 0.2) is 6.20 Å². The molecular weight excluding hydrogens is 444 g/mol. The molecule has 0 bridgehead atoms. The second kappa shape index (κ2) is 8.83. The Balaban J connectivity index is 2.01. The maximum atomic E-state index is 11.9. The van der Waals surface area contributed by atoms with E-state index in [0.29, 0.717) is 0 Å². The summed E-state index contributed by atoms with van der Waals surface area (Å²) in [6.07, 6.45) is -0.690. The number of fused-ring (bicyclic) bond motifs is 1. The fourth-order valence-electron chi connectivity index (χ4n) is 3.70. The van der Waals surface area contributed by atoms with Gasteiger partial charge in [-0.1, -0.05) is 0 Å². The van der Waals surface area contributed by atoms with Crippen molar-refractivity contribution in [3.8, 4) is 11.9 Å². The predicted octanol–water partition coefficient (Wildman–Crippen LogP) is 3.29. The van der Waals surface area contributed by atoms with E-state index in [1.807, 2.05) is 41.5 Å². The summed E-state index contributed by atoms with van der Waals surface area (Å²) in [5, 5.41) is 11.9. The van der Waals surface area contributed by atoms with Crippen molar-refractivity contribution in [3.05, 3.63) is 11.8 Å². The lowest BCUT2D eigenvalue weighted by atomic mass is 9.99. The SMILES string of the molecule is COC(C)(C)OC[C@H]1O[C@@](O)(c2cnc(OC(C)(C)C)nc2OC(C)(C)C)[C@@H]2OC(C)(C)O[C@@H]21. The van der Waals surface area contributed by atoms with Gasteiger partial charge in [-0.25, -0.2) is 4.98 Å². The van der Waals surface area contributed by atoms with Crippen molar-refractivity contribution in [2.75, 3.05) is 13.7 Å². The number of rotatable bonds is 7. The van der Waals surface area contributed by atoms with Gasteiger partial charge in [0.2, 0.25) is 11.7 Å². The molecule has 10 heteroatoms. The van der Waals surface area contributed by atoms with Gasteiger partial charge in [0.1, 0.15) is 29.5 Å². The summed E-state index contributed by atoms with van der Waals surface area (Å²) in [6, 6.07) is 0.124. The van der Waals surface area contributed by atoms with E-state index in [4.69, 9.17) is 33.2 Å². The monoisotopic (exact) mass is 484 g/mol. The standard InChI is InChI=1S/C24H40N2O8/c1-20(2,3)33-18-14(12-25-19(26-18)34-21(4,5)6)24(27)17-16(31-23(9,10)32-17)15(30-24)13-29-22(7,8)28-11/h12,15-17,27H,13H2,1-11H3/t15-,16-,17-,24+/m1/s1. The summed E-state index contributed by atoms with van der Waals surface area (Å²) in [4.78, 5) is 8.78. The van der Waals surface area contributed by atoms with E-state index in [9.17, 15) is 5.11 Å². The van der Waals surface area contributed by atoms with Gasteiger partial charge in [0, 0.05) is 13.3 Å². The number of hydrogen-bond donors (Lipinski definition) is 1. The Morgan fingerprint density at radius 3 is 2.15 bits per heavy atom. The maximum absolute atomic E-state index is 11.9. The lowest BCUT2D eigenvalue weighted by Gasteiger charge is -2.33. The van der Waals surface area contributed by atoms with E-state index in [0.717, 1.165) is 0 Å². The second-order valence-electron chi connectivity index (χ2n) is 11.6. The Bertz CT molecular complexity index is 877. The van der Waals surface area contributed by atoms with Crippen LogP contribution >= 0.6 is 0 Å². The maximum Gasteiger partial charge on any atom is 0.320 e. The van der Waals surface area contributed by atoms with Crippen LogP contribution in [-0.2, 0) is 29.5 Å². The molecule has 0 amide bonds. The molecule has 0 saturated carbocycles. The van der Waals surface area contributed by atoms with E-state index < -0.39 is 46.9 Å². The quantitative estimate of drug-likeness (QED) is 0.579. The van der Waals surface area contributed by atoms with Gasteiger partial charge in [-0.3, -0.25) is 0 Å². The van der Waals surface area contributed by atoms with Crippen LogP contribution in [-0.4, -0.2) is 69.9 Å². The minimum absolute atomic E-state index is 0.102. The molecule has 1 aromatic heterocycles. The minimum Gasteiger partial charge on any atom is -0.471 e. The molecule has 0 unspecified atom stereocenters. The second-order valence-corrected chi connectivity index (χ2v) is 11.6. The Labute approximate surface area is 202 Å². The molecular formula is C24H40N2O8. The Hall–Kier alpha value is -1.56. The summed E-state index contributed by atoms with van der Waals surface area (Å²) in [7, 11) is 1.56. The Morgan fingerprint density at radius 1 is 0.971 bits per heavy atom. The van der Waals surface area contributed by atoms with Gasteiger partial charge in [0.05, 0.1) is 12.2 Å². The molecule has 10 nitrogen and oxygen atoms in total. The first kappa shape index (κ1) is 27.0. The molecule has 194 valence electrons. The van der Waals surface area contributed by atoms with Crippen LogP contribution < -0.4 is 9.47 Å². The molecule has 0 aliphatic carbocycles. The molecule has 1 N–H and O–H groups in total. The number of aliphatic hydroxyl groups is 1. The van der Waals surface area contributed by atoms with Crippen molar-refractivity contribution in [2.45, 2.75) is 116 Å². The van der Waals surface area contributed by atoms with Gasteiger partial charge in [0.25, 0.3) is 0 Å². The largest absolute Gasteiger partial charge is 0.471 e. The van der Waals surface area contributed by atoms with Gasteiger partial charge in [-0.05, 0) is 69.2 Å². The number of nitrogens with zero attached hydrogens (tertiary/aromatic N) is 2. The topological polar surface area (TPSA) is 111 Å². The fraction of sp³-hybridized carbons (Fsp3) is 0.833. The van der Waals surface area contributed by atoms with Crippen molar-refractivity contribution in [1.82, 2.24) is 9.97 Å². The third-order valence-electron chi connectivity index (χ3n) is 5.22. The van der Waals surface area contributed by atoms with Gasteiger partial charge < -0.3 is 38.3 Å². The van der Waals surface area contributed by atoms with Crippen LogP contribution in [0.1, 0.15) is 74.8 Å². The van der Waals surface area contributed by atoms with E-state index in [2.05, 4.69) is 9.97 Å². The Morgan fingerprint density at radius 2 is 1.59 bits per heavy atom. The summed E-state index contributed by atoms with van der Waals surface area (Å²) in [5.41, 5.74) is -0.920.